The predicted octanol–water partition coefficient (Wildman–Crippen LogP) is 2.31. The van der Waals surface area contributed by atoms with Crippen molar-refractivity contribution in [1.29, 1.82) is 0 Å². The molecule has 124 valence electrons. The molecule has 0 atom stereocenters. The molecule has 0 bridgehead atoms. The van der Waals surface area contributed by atoms with Gasteiger partial charge in [-0.3, -0.25) is 4.79 Å². The number of nitrogens with one attached hydrogen (secondary N) is 2. The van der Waals surface area contributed by atoms with Crippen molar-refractivity contribution in [3.63, 3.8) is 0 Å². The van der Waals surface area contributed by atoms with Gasteiger partial charge in [0.1, 0.15) is 0 Å². The smallest absolute Gasteiger partial charge is 0.230 e. The Labute approximate surface area is 144 Å². The van der Waals surface area contributed by atoms with E-state index in [1.807, 2.05) is 31.2 Å². The normalized spacial score (nSPS) is 10.5. The third-order valence-corrected chi connectivity index (χ3v) is 4.94. The first-order chi connectivity index (χ1) is 11.2. The summed E-state index contributed by atoms with van der Waals surface area (Å²) in [5, 5.41) is 14.8. The Morgan fingerprint density at radius 1 is 1.30 bits per heavy atom. The zero-order valence-corrected chi connectivity index (χ0v) is 14.8. The summed E-state index contributed by atoms with van der Waals surface area (Å²) in [7, 11) is 1.65. The molecule has 1 heterocycles. The predicted molar refractivity (Wildman–Crippen MR) is 94.0 cm³/mol. The number of thioether (sulfide) groups is 1. The topological polar surface area (TPSA) is 76.1 Å². The SMILES string of the molecule is COCCNc1nnc(SCC(=O)NCc2ccc(C)cc2)s1. The van der Waals surface area contributed by atoms with Gasteiger partial charge in [0.25, 0.3) is 0 Å². The number of ether oxygens (including phenoxy) is 1. The maximum absolute atomic E-state index is 11.9. The van der Waals surface area contributed by atoms with E-state index in [9.17, 15) is 4.79 Å². The quantitative estimate of drug-likeness (QED) is 0.533. The summed E-state index contributed by atoms with van der Waals surface area (Å²) < 4.78 is 5.73. The number of aryl methyl sites for hydroxylation is 1. The Balaban J connectivity index is 1.68. The standard InChI is InChI=1S/C15H20N4O2S2/c1-11-3-5-12(6-4-11)9-17-13(20)10-22-15-19-18-14(23-15)16-7-8-21-2/h3-6H,7-10H2,1-2H3,(H,16,18)(H,17,20). The van der Waals surface area contributed by atoms with Crippen molar-refractivity contribution in [2.24, 2.45) is 0 Å². The maximum atomic E-state index is 11.9. The number of hydrogen-bond acceptors (Lipinski definition) is 7. The molecule has 2 N–H and O–H groups in total. The van der Waals surface area contributed by atoms with E-state index in [0.29, 0.717) is 25.4 Å². The molecule has 2 aromatic rings. The highest BCUT2D eigenvalue weighted by Gasteiger charge is 2.08. The van der Waals surface area contributed by atoms with Crippen molar-refractivity contribution in [2.45, 2.75) is 17.8 Å². The number of carbonyl (C=O) groups excluding carboxylic acids is 1. The van der Waals surface area contributed by atoms with E-state index < -0.39 is 0 Å². The highest BCUT2D eigenvalue weighted by atomic mass is 32.2. The molecule has 0 aliphatic heterocycles. The molecule has 1 amide bonds. The Bertz CT molecular complexity index is 616. The van der Waals surface area contributed by atoms with Crippen LogP contribution >= 0.6 is 23.1 Å². The number of benzene rings is 1. The lowest BCUT2D eigenvalue weighted by atomic mass is 10.1. The summed E-state index contributed by atoms with van der Waals surface area (Å²) in [5.74, 6) is 0.318. The Hall–Kier alpha value is -1.64. The molecule has 0 spiro atoms. The van der Waals surface area contributed by atoms with Crippen LogP contribution in [-0.2, 0) is 16.1 Å². The van der Waals surface area contributed by atoms with E-state index in [0.717, 1.165) is 15.0 Å². The van der Waals surface area contributed by atoms with E-state index in [4.69, 9.17) is 4.74 Å². The van der Waals surface area contributed by atoms with E-state index in [1.165, 1.54) is 28.7 Å². The van der Waals surface area contributed by atoms with Gasteiger partial charge < -0.3 is 15.4 Å². The van der Waals surface area contributed by atoms with Crippen molar-refractivity contribution < 1.29 is 9.53 Å². The van der Waals surface area contributed by atoms with Crippen LogP contribution in [-0.4, -0.2) is 42.1 Å². The molecule has 23 heavy (non-hydrogen) atoms. The van der Waals surface area contributed by atoms with E-state index in [1.54, 1.807) is 7.11 Å². The lowest BCUT2D eigenvalue weighted by molar-refractivity contribution is -0.118. The van der Waals surface area contributed by atoms with Gasteiger partial charge >= 0.3 is 0 Å². The third-order valence-electron chi connectivity index (χ3n) is 2.93. The van der Waals surface area contributed by atoms with Crippen LogP contribution in [0.25, 0.3) is 0 Å². The number of anilines is 1. The van der Waals surface area contributed by atoms with Crippen LogP contribution in [0.2, 0.25) is 0 Å². The zero-order chi connectivity index (χ0) is 16.5. The van der Waals surface area contributed by atoms with Crippen molar-refractivity contribution >= 4 is 34.1 Å². The second-order valence-electron chi connectivity index (χ2n) is 4.84. The van der Waals surface area contributed by atoms with Crippen molar-refractivity contribution in [3.8, 4) is 0 Å². The van der Waals surface area contributed by atoms with Crippen molar-refractivity contribution in [1.82, 2.24) is 15.5 Å². The average molecular weight is 352 g/mol. The average Bonchev–Trinajstić information content (AvgIpc) is 3.00. The molecule has 6 nitrogen and oxygen atoms in total. The zero-order valence-electron chi connectivity index (χ0n) is 13.2. The van der Waals surface area contributed by atoms with E-state index >= 15 is 0 Å². The molecule has 1 aromatic carbocycles. The second-order valence-corrected chi connectivity index (χ2v) is 7.04. The van der Waals surface area contributed by atoms with Crippen LogP contribution in [0.15, 0.2) is 28.6 Å². The third kappa shape index (κ3) is 6.55. The Kier molecular flexibility index (Phi) is 7.31. The minimum atomic E-state index is -0.0142. The molecule has 8 heteroatoms. The molecule has 0 saturated heterocycles. The molecular formula is C15H20N4O2S2. The summed E-state index contributed by atoms with van der Waals surface area (Å²) in [6.07, 6.45) is 0. The van der Waals surface area contributed by atoms with Gasteiger partial charge in [0, 0.05) is 20.2 Å². The highest BCUT2D eigenvalue weighted by molar-refractivity contribution is 8.01. The lowest BCUT2D eigenvalue weighted by Crippen LogP contribution is -2.24. The van der Waals surface area contributed by atoms with Crippen LogP contribution in [0.5, 0.6) is 0 Å². The number of aromatic nitrogens is 2. The molecule has 0 saturated carbocycles. The number of amides is 1. The fourth-order valence-electron chi connectivity index (χ4n) is 1.68. The molecule has 0 radical (unpaired) electrons. The van der Waals surface area contributed by atoms with Gasteiger partial charge in [-0.2, -0.15) is 0 Å². The van der Waals surface area contributed by atoms with Gasteiger partial charge in [-0.15, -0.1) is 10.2 Å². The minimum absolute atomic E-state index is 0.0142. The van der Waals surface area contributed by atoms with Crippen molar-refractivity contribution in [2.75, 3.05) is 31.3 Å². The number of carbonyl (C=O) groups is 1. The Morgan fingerprint density at radius 3 is 2.83 bits per heavy atom. The number of hydrogen-bond donors (Lipinski definition) is 2. The first-order valence-electron chi connectivity index (χ1n) is 7.18. The van der Waals surface area contributed by atoms with E-state index in [-0.39, 0.29) is 5.91 Å². The first-order valence-corrected chi connectivity index (χ1v) is 8.99. The maximum Gasteiger partial charge on any atom is 0.230 e. The van der Waals surface area contributed by atoms with Gasteiger partial charge in [0.15, 0.2) is 4.34 Å². The van der Waals surface area contributed by atoms with Crippen LogP contribution in [0, 0.1) is 6.92 Å². The van der Waals surface area contributed by atoms with Crippen LogP contribution in [0.4, 0.5) is 5.13 Å². The monoisotopic (exact) mass is 352 g/mol. The summed E-state index contributed by atoms with van der Waals surface area (Å²) >= 11 is 2.82. The molecular weight excluding hydrogens is 332 g/mol. The van der Waals surface area contributed by atoms with Gasteiger partial charge in [-0.1, -0.05) is 52.9 Å². The van der Waals surface area contributed by atoms with Crippen LogP contribution < -0.4 is 10.6 Å². The number of methoxy groups -OCH3 is 1. The fourth-order valence-corrected chi connectivity index (χ4v) is 3.29. The summed E-state index contributed by atoms with van der Waals surface area (Å²) in [5.41, 5.74) is 2.30. The van der Waals surface area contributed by atoms with Gasteiger partial charge in [0.05, 0.1) is 12.4 Å². The number of rotatable bonds is 9. The minimum Gasteiger partial charge on any atom is -0.383 e. The van der Waals surface area contributed by atoms with E-state index in [2.05, 4.69) is 20.8 Å². The molecule has 0 unspecified atom stereocenters. The molecule has 2 rings (SSSR count). The van der Waals surface area contributed by atoms with Gasteiger partial charge in [-0.05, 0) is 12.5 Å². The van der Waals surface area contributed by atoms with Gasteiger partial charge in [-0.25, -0.2) is 0 Å². The van der Waals surface area contributed by atoms with Crippen LogP contribution in [0.3, 0.4) is 0 Å². The van der Waals surface area contributed by atoms with Crippen molar-refractivity contribution in [3.05, 3.63) is 35.4 Å². The molecule has 0 aliphatic rings. The summed E-state index contributed by atoms with van der Waals surface area (Å²) in [4.78, 5) is 11.9. The molecule has 0 aliphatic carbocycles. The highest BCUT2D eigenvalue weighted by Crippen LogP contribution is 2.25. The lowest BCUT2D eigenvalue weighted by Gasteiger charge is -2.04. The number of nitrogens with zero attached hydrogens (tertiary/aromatic N) is 2. The van der Waals surface area contributed by atoms with Crippen LogP contribution in [0.1, 0.15) is 11.1 Å². The fraction of sp³-hybridized carbons (Fsp3) is 0.400. The Morgan fingerprint density at radius 2 is 2.09 bits per heavy atom. The second kappa shape index (κ2) is 9.49. The largest absolute Gasteiger partial charge is 0.383 e. The van der Waals surface area contributed by atoms with Gasteiger partial charge in [0.2, 0.25) is 11.0 Å². The molecule has 1 aromatic heterocycles. The summed E-state index contributed by atoms with van der Waals surface area (Å²) in [6, 6.07) is 8.11. The molecule has 0 fully saturated rings. The first kappa shape index (κ1) is 17.7. The summed E-state index contributed by atoms with van der Waals surface area (Å²) in [6.45, 7) is 3.88.